The second kappa shape index (κ2) is 75.8. The van der Waals surface area contributed by atoms with Crippen molar-refractivity contribution in [3.63, 3.8) is 0 Å². The van der Waals surface area contributed by atoms with Crippen molar-refractivity contribution < 1.29 is 203 Å². The van der Waals surface area contributed by atoms with E-state index in [1.54, 1.807) is 124 Å². The van der Waals surface area contributed by atoms with E-state index in [9.17, 15) is 109 Å². The number of methoxy groups -OCH3 is 5. The molecule has 0 saturated carbocycles. The summed E-state index contributed by atoms with van der Waals surface area (Å²) in [6, 6.07) is 32.9. The van der Waals surface area contributed by atoms with Gasteiger partial charge in [0.1, 0.15) is 176 Å². The van der Waals surface area contributed by atoms with E-state index in [2.05, 4.69) is 30.3 Å². The van der Waals surface area contributed by atoms with Gasteiger partial charge in [0, 0.05) is 53.5 Å². The molecule has 0 aliphatic rings. The van der Waals surface area contributed by atoms with Crippen LogP contribution in [-0.2, 0) is 105 Å². The minimum Gasteiger partial charge on any atom is -0.491 e. The van der Waals surface area contributed by atoms with Gasteiger partial charge in [0.05, 0.1) is 121 Å². The van der Waals surface area contributed by atoms with Crippen LogP contribution in [0.1, 0.15) is 140 Å². The number of aliphatic hydroxyl groups excluding tert-OH is 10. The zero-order chi connectivity index (χ0) is 105. The summed E-state index contributed by atoms with van der Waals surface area (Å²) in [5.74, 6) is -2.48. The summed E-state index contributed by atoms with van der Waals surface area (Å²) in [4.78, 5) is 138. The van der Waals surface area contributed by atoms with Gasteiger partial charge in [-0.2, -0.15) is 0 Å². The first-order valence-electron chi connectivity index (χ1n) is 44.6. The third-order valence-corrected chi connectivity index (χ3v) is 20.5. The number of rotatable bonds is 63. The zero-order valence-corrected chi connectivity index (χ0v) is 83.0. The van der Waals surface area contributed by atoms with Gasteiger partial charge in [0.25, 0.3) is 0 Å². The lowest BCUT2D eigenvalue weighted by molar-refractivity contribution is -0.162. The Kier molecular flexibility index (Phi) is 68.2. The van der Waals surface area contributed by atoms with E-state index in [1.165, 1.54) is 75.3 Å². The number of ether oxygens (including phenoxy) is 20. The van der Waals surface area contributed by atoms with E-state index in [4.69, 9.17) is 71.1 Å². The van der Waals surface area contributed by atoms with Gasteiger partial charge in [0.15, 0.2) is 0 Å². The van der Waals surface area contributed by atoms with Crippen molar-refractivity contribution in [1.82, 2.24) is 0 Å². The maximum Gasteiger partial charge on any atom is 0.339 e. The molecule has 0 amide bonds. The lowest BCUT2D eigenvalue weighted by atomic mass is 9.89. The number of hydrogen-bond acceptors (Lipinski definition) is 44. The van der Waals surface area contributed by atoms with E-state index in [1.807, 2.05) is 27.7 Å². The van der Waals surface area contributed by atoms with Gasteiger partial charge in [-0.05, 0) is 107 Å². The molecule has 44 heteroatoms. The molecule has 5 rings (SSSR count). The molecule has 0 spiro atoms. The van der Waals surface area contributed by atoms with Crippen molar-refractivity contribution in [3.8, 4) is 46.0 Å². The van der Waals surface area contributed by atoms with Crippen molar-refractivity contribution in [1.29, 1.82) is 0 Å². The predicted molar refractivity (Wildman–Crippen MR) is 508 cm³/mol. The van der Waals surface area contributed by atoms with Gasteiger partial charge in [0.2, 0.25) is 0 Å². The van der Waals surface area contributed by atoms with Crippen LogP contribution in [0, 0.1) is 5.41 Å². The van der Waals surface area contributed by atoms with Gasteiger partial charge in [-0.3, -0.25) is 33.6 Å². The second-order valence-corrected chi connectivity index (χ2v) is 33.3. The fourth-order valence-electron chi connectivity index (χ4n) is 9.52. The standard InChI is InChI=1S/C22H30O10S2.C20H30O8.C19H26O8.C18H26O8.C18H24O8/c1-3-15(23)12-31-21(27)17-6-4-5-7-18(17)22(28)32-14-16(24)13-30-20(26)9-11-34-33-10-8-19(25)29-2;1-5-14(21)11-26-16-7-6-8-17(9-16)27-12-15(22)13-28-19(24)20(2,3)10-18(23)25-4;1-4-14(20)10-25-16-6-5-7-17(9-16)26-11-15(21)12-27-19(23)13(2)8-18(22)24-3;2*1-3-13(19)10-24-15-5-4-6-16(9-15)25-11-14(20)12-26-18(22)8-7-17(21)23-2/h4-7,15-16,23-24H,3,8-14H2,1-2H3;6-9,14-15,21-22H,5,10-13H2,1-4H3;5-7,9,14-15,20-21H,2,4,8,10-12H2,1,3H3;4-6,9,13-14,19-20H,3,7-8,10-12H2,1-2H3;4-9,13-14,19-20H,3,10-12H2,1-2H3/b;;;;8-7+. The van der Waals surface area contributed by atoms with Crippen LogP contribution in [0.25, 0.3) is 0 Å². The Morgan fingerprint density at radius 1 is 0.305 bits per heavy atom. The summed E-state index contributed by atoms with van der Waals surface area (Å²) in [7, 11) is 9.05. The van der Waals surface area contributed by atoms with Crippen LogP contribution < -0.4 is 37.9 Å². The van der Waals surface area contributed by atoms with E-state index >= 15 is 0 Å². The maximum atomic E-state index is 12.4. The monoisotopic (exact) mass is 2040 g/mol. The van der Waals surface area contributed by atoms with E-state index in [0.717, 1.165) is 12.2 Å². The molecule has 10 N–H and O–H groups in total. The predicted octanol–water partition coefficient (Wildman–Crippen LogP) is 6.88. The van der Waals surface area contributed by atoms with Crippen molar-refractivity contribution in [2.24, 2.45) is 5.41 Å². The molecule has 0 fully saturated rings. The lowest BCUT2D eigenvalue weighted by Crippen LogP contribution is -2.33. The highest BCUT2D eigenvalue weighted by molar-refractivity contribution is 8.76. The van der Waals surface area contributed by atoms with Gasteiger partial charge in [-0.25, -0.2) is 24.0 Å². The largest absolute Gasteiger partial charge is 0.491 e. The molecule has 10 atom stereocenters. The molecule has 5 aromatic rings. The van der Waals surface area contributed by atoms with Crippen molar-refractivity contribution >= 4 is 93.2 Å². The Bertz CT molecular complexity index is 4510. The van der Waals surface area contributed by atoms with Crippen LogP contribution in [0.3, 0.4) is 0 Å². The van der Waals surface area contributed by atoms with Crippen LogP contribution >= 0.6 is 21.6 Å². The minimum absolute atomic E-state index is 0.0290. The third-order valence-electron chi connectivity index (χ3n) is 18.1. The first kappa shape index (κ1) is 127. The van der Waals surface area contributed by atoms with Gasteiger partial charge in [-0.1, -0.05) is 99.2 Å². The molecule has 141 heavy (non-hydrogen) atoms. The normalized spacial score (nSPS) is 12.8. The molecule has 0 radical (unpaired) electrons. The number of esters is 12. The number of hydrogen-bond donors (Lipinski definition) is 10. The summed E-state index contributed by atoms with van der Waals surface area (Å²) in [6.45, 7) is 14.0. The minimum atomic E-state index is -1.24. The summed E-state index contributed by atoms with van der Waals surface area (Å²) in [5.41, 5.74) is -1.19. The van der Waals surface area contributed by atoms with Gasteiger partial charge in [-0.15, -0.1) is 0 Å². The molecule has 0 aromatic heterocycles. The molecule has 0 aliphatic heterocycles. The molecule has 0 saturated heterocycles. The quantitative estimate of drug-likeness (QED) is 0.00623. The lowest BCUT2D eigenvalue weighted by Gasteiger charge is -2.22. The highest BCUT2D eigenvalue weighted by Crippen LogP contribution is 2.28. The van der Waals surface area contributed by atoms with Crippen LogP contribution in [0.2, 0.25) is 0 Å². The van der Waals surface area contributed by atoms with E-state index < -0.39 is 139 Å². The molecule has 0 heterocycles. The topological polar surface area (TPSA) is 592 Å². The Labute approximate surface area is 827 Å². The van der Waals surface area contributed by atoms with Crippen LogP contribution in [0.15, 0.2) is 146 Å². The fourth-order valence-corrected chi connectivity index (χ4v) is 11.5. The van der Waals surface area contributed by atoms with Crippen molar-refractivity contribution in [2.45, 2.75) is 180 Å². The molecule has 0 aliphatic carbocycles. The van der Waals surface area contributed by atoms with Crippen LogP contribution in [-0.4, -0.2) is 330 Å². The van der Waals surface area contributed by atoms with Gasteiger partial charge < -0.3 is 146 Å². The van der Waals surface area contributed by atoms with E-state index in [-0.39, 0.29) is 154 Å². The fraction of sp³-hybridized carbons (Fsp3) is 0.526. The summed E-state index contributed by atoms with van der Waals surface area (Å²) >= 11 is 0. The molecule has 42 nitrogen and oxygen atoms in total. The first-order valence-corrected chi connectivity index (χ1v) is 47.1. The third kappa shape index (κ3) is 62.7. The molecule has 10 unspecified atom stereocenters. The number of carbonyl (C=O) groups excluding carboxylic acids is 12. The zero-order valence-electron chi connectivity index (χ0n) is 81.3. The number of aliphatic hydroxyl groups is 10. The summed E-state index contributed by atoms with van der Waals surface area (Å²) in [5, 5.41) is 96.9. The van der Waals surface area contributed by atoms with Crippen LogP contribution in [0.5, 0.6) is 46.0 Å². The second-order valence-electron chi connectivity index (χ2n) is 30.5. The average Bonchev–Trinajstić information content (AvgIpc) is 0.848. The Morgan fingerprint density at radius 3 is 0.915 bits per heavy atom. The SMILES string of the molecule is C=C(CC(=O)OC)C(=O)OCC(O)COc1cccc(OCC(O)CC)c1.CCC(O)COC(=O)c1ccccc1C(=O)OCC(O)COC(=O)CCSSCCC(=O)OC.CCC(O)COc1cccc(OCC(O)COC(=O)/C=C/C(=O)OC)c1.CCC(O)COc1cccc(OCC(O)COC(=O)C(C)(C)CC(=O)OC)c1.CCC(O)COc1cccc(OCC(O)COC(=O)CCC(=O)OC)c1. The molecule has 0 bridgehead atoms. The summed E-state index contributed by atoms with van der Waals surface area (Å²) in [6.07, 6.45) is -3.89. The summed E-state index contributed by atoms with van der Waals surface area (Å²) < 4.78 is 100. The molecule has 5 aromatic carbocycles. The Hall–Kier alpha value is -12.1. The average molecular weight is 2040 g/mol. The Morgan fingerprint density at radius 2 is 0.574 bits per heavy atom. The maximum absolute atomic E-state index is 12.4. The number of carbonyl (C=O) groups is 12. The smallest absolute Gasteiger partial charge is 0.339 e. The molecule has 788 valence electrons. The highest BCUT2D eigenvalue weighted by atomic mass is 33.1. The molecular weight excluding hydrogens is 1900 g/mol. The number of benzene rings is 5. The van der Waals surface area contributed by atoms with Crippen molar-refractivity contribution in [3.05, 3.63) is 157 Å². The van der Waals surface area contributed by atoms with E-state index in [0.29, 0.717) is 89.6 Å². The van der Waals surface area contributed by atoms with Crippen LogP contribution in [0.4, 0.5) is 0 Å². The first-order chi connectivity index (χ1) is 67.2. The van der Waals surface area contributed by atoms with Crippen molar-refractivity contribution in [2.75, 3.05) is 146 Å². The Balaban J connectivity index is 0.000000884. The molecular formula is C97H136O42S2. The highest BCUT2D eigenvalue weighted by Gasteiger charge is 2.34. The van der Waals surface area contributed by atoms with Gasteiger partial charge >= 0.3 is 71.6 Å².